The number of hydrogen-bond donors (Lipinski definition) is 0. The Bertz CT molecular complexity index is 561. The molecule has 0 unspecified atom stereocenters. The molecule has 3 rings (SSSR count). The lowest BCUT2D eigenvalue weighted by molar-refractivity contribution is 0.122. The first-order chi connectivity index (χ1) is 9.81. The number of rotatable bonds is 4. The van der Waals surface area contributed by atoms with Crippen molar-refractivity contribution in [3.8, 4) is 6.01 Å². The van der Waals surface area contributed by atoms with Crippen LogP contribution in [0.15, 0.2) is 17.5 Å². The Balaban J connectivity index is 1.72. The van der Waals surface area contributed by atoms with Crippen LogP contribution in [0.3, 0.4) is 0 Å². The van der Waals surface area contributed by atoms with Crippen LogP contribution in [0.5, 0.6) is 6.01 Å². The fourth-order valence-corrected chi connectivity index (χ4v) is 2.59. The molecular formula is C12H13ClN4O2S. The van der Waals surface area contributed by atoms with Crippen LogP contribution >= 0.6 is 22.9 Å². The van der Waals surface area contributed by atoms with Crippen LogP contribution in [-0.2, 0) is 11.3 Å². The van der Waals surface area contributed by atoms with E-state index in [2.05, 4.69) is 15.0 Å². The van der Waals surface area contributed by atoms with Crippen molar-refractivity contribution in [2.75, 3.05) is 31.2 Å². The number of thiophene rings is 1. The lowest BCUT2D eigenvalue weighted by atomic mass is 10.4. The maximum Gasteiger partial charge on any atom is 0.322 e. The highest BCUT2D eigenvalue weighted by molar-refractivity contribution is 7.09. The largest absolute Gasteiger partial charge is 0.458 e. The van der Waals surface area contributed by atoms with Gasteiger partial charge in [-0.25, -0.2) is 0 Å². The zero-order valence-corrected chi connectivity index (χ0v) is 12.2. The molecule has 0 aromatic carbocycles. The molecule has 20 heavy (non-hydrogen) atoms. The lowest BCUT2D eigenvalue weighted by Crippen LogP contribution is -2.37. The molecule has 0 saturated carbocycles. The molecule has 1 aliphatic rings. The van der Waals surface area contributed by atoms with E-state index in [4.69, 9.17) is 21.1 Å². The molecule has 0 radical (unpaired) electrons. The number of nitrogens with zero attached hydrogens (tertiary/aromatic N) is 4. The highest BCUT2D eigenvalue weighted by atomic mass is 35.5. The molecule has 0 bridgehead atoms. The summed E-state index contributed by atoms with van der Waals surface area (Å²) in [5.41, 5.74) is 0. The van der Waals surface area contributed by atoms with Crippen molar-refractivity contribution in [3.63, 3.8) is 0 Å². The van der Waals surface area contributed by atoms with E-state index in [9.17, 15) is 0 Å². The lowest BCUT2D eigenvalue weighted by Gasteiger charge is -2.26. The van der Waals surface area contributed by atoms with E-state index in [0.29, 0.717) is 25.8 Å². The Hall–Kier alpha value is -1.44. The van der Waals surface area contributed by atoms with Crippen molar-refractivity contribution in [2.24, 2.45) is 0 Å². The van der Waals surface area contributed by atoms with Crippen molar-refractivity contribution >= 4 is 28.9 Å². The van der Waals surface area contributed by atoms with Gasteiger partial charge in [-0.15, -0.1) is 11.3 Å². The average Bonchev–Trinajstić information content (AvgIpc) is 2.99. The summed E-state index contributed by atoms with van der Waals surface area (Å²) in [5.74, 6) is 0.537. The summed E-state index contributed by atoms with van der Waals surface area (Å²) in [6, 6.07) is 4.22. The molecule has 1 saturated heterocycles. The van der Waals surface area contributed by atoms with Gasteiger partial charge in [-0.3, -0.25) is 0 Å². The summed E-state index contributed by atoms with van der Waals surface area (Å²) in [4.78, 5) is 15.6. The van der Waals surface area contributed by atoms with Gasteiger partial charge in [0.25, 0.3) is 0 Å². The molecular weight excluding hydrogens is 300 g/mol. The van der Waals surface area contributed by atoms with Crippen molar-refractivity contribution in [3.05, 3.63) is 27.7 Å². The maximum absolute atomic E-state index is 5.93. The van der Waals surface area contributed by atoms with Gasteiger partial charge in [0.2, 0.25) is 11.2 Å². The summed E-state index contributed by atoms with van der Waals surface area (Å²) in [7, 11) is 0. The fourth-order valence-electron chi connectivity index (χ4n) is 1.82. The molecule has 1 aliphatic heterocycles. The number of halogens is 1. The Kier molecular flexibility index (Phi) is 4.29. The Labute approximate surface area is 125 Å². The molecule has 0 N–H and O–H groups in total. The van der Waals surface area contributed by atoms with Crippen LogP contribution in [0.4, 0.5) is 5.95 Å². The average molecular weight is 313 g/mol. The van der Waals surface area contributed by atoms with E-state index in [1.807, 2.05) is 22.4 Å². The smallest absolute Gasteiger partial charge is 0.322 e. The van der Waals surface area contributed by atoms with Crippen molar-refractivity contribution in [1.82, 2.24) is 15.0 Å². The quantitative estimate of drug-likeness (QED) is 0.860. The number of aromatic nitrogens is 3. The molecule has 0 aliphatic carbocycles. The van der Waals surface area contributed by atoms with E-state index in [1.54, 1.807) is 11.3 Å². The molecule has 106 valence electrons. The van der Waals surface area contributed by atoms with Crippen LogP contribution < -0.4 is 9.64 Å². The zero-order valence-electron chi connectivity index (χ0n) is 10.7. The van der Waals surface area contributed by atoms with E-state index in [0.717, 1.165) is 18.0 Å². The molecule has 6 nitrogen and oxygen atoms in total. The van der Waals surface area contributed by atoms with Gasteiger partial charge in [-0.05, 0) is 23.0 Å². The van der Waals surface area contributed by atoms with Crippen molar-refractivity contribution in [2.45, 2.75) is 6.61 Å². The molecule has 0 atom stereocenters. The molecule has 8 heteroatoms. The minimum Gasteiger partial charge on any atom is -0.458 e. The van der Waals surface area contributed by atoms with Gasteiger partial charge in [0.05, 0.1) is 13.2 Å². The summed E-state index contributed by atoms with van der Waals surface area (Å²) >= 11 is 7.55. The third-order valence-corrected chi connectivity index (χ3v) is 3.81. The summed E-state index contributed by atoms with van der Waals surface area (Å²) in [6.45, 7) is 3.24. The second-order valence-corrected chi connectivity index (χ2v) is 5.52. The highest BCUT2D eigenvalue weighted by Crippen LogP contribution is 2.18. The van der Waals surface area contributed by atoms with Gasteiger partial charge in [0.1, 0.15) is 6.61 Å². The van der Waals surface area contributed by atoms with Crippen LogP contribution in [0.25, 0.3) is 0 Å². The van der Waals surface area contributed by atoms with E-state index >= 15 is 0 Å². The second kappa shape index (κ2) is 6.34. The van der Waals surface area contributed by atoms with E-state index in [1.165, 1.54) is 0 Å². The second-order valence-electron chi connectivity index (χ2n) is 4.15. The summed E-state index contributed by atoms with van der Waals surface area (Å²) in [5, 5.41) is 2.14. The summed E-state index contributed by atoms with van der Waals surface area (Å²) < 4.78 is 10.9. The van der Waals surface area contributed by atoms with E-state index < -0.39 is 0 Å². The van der Waals surface area contributed by atoms with Gasteiger partial charge in [0, 0.05) is 18.0 Å². The third-order valence-electron chi connectivity index (χ3n) is 2.79. The molecule has 0 spiro atoms. The Morgan fingerprint density at radius 3 is 2.90 bits per heavy atom. The molecule has 3 heterocycles. The van der Waals surface area contributed by atoms with E-state index in [-0.39, 0.29) is 11.3 Å². The first-order valence-corrected chi connectivity index (χ1v) is 7.46. The first kappa shape index (κ1) is 13.5. The molecule has 1 fully saturated rings. The number of ether oxygens (including phenoxy) is 2. The van der Waals surface area contributed by atoms with Gasteiger partial charge < -0.3 is 14.4 Å². The zero-order chi connectivity index (χ0) is 13.8. The van der Waals surface area contributed by atoms with Crippen LogP contribution in [0.2, 0.25) is 5.28 Å². The third kappa shape index (κ3) is 3.36. The monoisotopic (exact) mass is 312 g/mol. The SMILES string of the molecule is Clc1nc(OCc2cccs2)nc(N2CCOCC2)n1. The van der Waals surface area contributed by atoms with Crippen molar-refractivity contribution in [1.29, 1.82) is 0 Å². The minimum absolute atomic E-state index is 0.141. The minimum atomic E-state index is 0.141. The first-order valence-electron chi connectivity index (χ1n) is 6.21. The van der Waals surface area contributed by atoms with Gasteiger partial charge >= 0.3 is 6.01 Å². The Morgan fingerprint density at radius 1 is 1.30 bits per heavy atom. The molecule has 2 aromatic rings. The maximum atomic E-state index is 5.93. The fraction of sp³-hybridized carbons (Fsp3) is 0.417. The number of morpholine rings is 1. The number of anilines is 1. The number of hydrogen-bond acceptors (Lipinski definition) is 7. The van der Waals surface area contributed by atoms with Gasteiger partial charge in [0.15, 0.2) is 0 Å². The van der Waals surface area contributed by atoms with Crippen LogP contribution in [-0.4, -0.2) is 41.3 Å². The van der Waals surface area contributed by atoms with Crippen molar-refractivity contribution < 1.29 is 9.47 Å². The highest BCUT2D eigenvalue weighted by Gasteiger charge is 2.16. The predicted molar refractivity (Wildman–Crippen MR) is 76.5 cm³/mol. The normalized spacial score (nSPS) is 15.3. The van der Waals surface area contributed by atoms with Gasteiger partial charge in [-0.1, -0.05) is 6.07 Å². The topological polar surface area (TPSA) is 60.4 Å². The Morgan fingerprint density at radius 2 is 2.15 bits per heavy atom. The summed E-state index contributed by atoms with van der Waals surface area (Å²) in [6.07, 6.45) is 0. The van der Waals surface area contributed by atoms with Crippen LogP contribution in [0, 0.1) is 0 Å². The standard InChI is InChI=1S/C12H13ClN4O2S/c13-10-14-11(17-3-5-18-6-4-17)16-12(15-10)19-8-9-2-1-7-20-9/h1-2,7H,3-6,8H2. The molecule has 0 amide bonds. The molecule has 2 aromatic heterocycles. The van der Waals surface area contributed by atoms with Gasteiger partial charge in [-0.2, -0.15) is 15.0 Å². The van der Waals surface area contributed by atoms with Crippen LogP contribution in [0.1, 0.15) is 4.88 Å². The predicted octanol–water partition coefficient (Wildman–Crippen LogP) is 2.00.